The summed E-state index contributed by atoms with van der Waals surface area (Å²) in [5, 5.41) is 16.5. The fourth-order valence-corrected chi connectivity index (χ4v) is 2.51. The van der Waals surface area contributed by atoms with E-state index in [4.69, 9.17) is 11.6 Å². The van der Waals surface area contributed by atoms with Crippen molar-refractivity contribution >= 4 is 47.1 Å². The van der Waals surface area contributed by atoms with Crippen molar-refractivity contribution in [3.8, 4) is 0 Å². The van der Waals surface area contributed by atoms with Gasteiger partial charge in [-0.25, -0.2) is 5.01 Å². The van der Waals surface area contributed by atoms with Crippen molar-refractivity contribution in [3.63, 3.8) is 0 Å². The van der Waals surface area contributed by atoms with Crippen molar-refractivity contribution in [3.05, 3.63) is 52.7 Å². The Morgan fingerprint density at radius 3 is 2.73 bits per heavy atom. The van der Waals surface area contributed by atoms with E-state index >= 15 is 0 Å². The number of carbonyl (C=O) groups excluding carboxylic acids is 2. The monoisotopic (exact) mass is 369 g/mol. The van der Waals surface area contributed by atoms with Crippen LogP contribution in [0.1, 0.15) is 24.1 Å². The molecule has 0 atom stereocenters. The number of hydrogen-bond donors (Lipinski definition) is 1. The van der Waals surface area contributed by atoms with E-state index in [1.807, 2.05) is 24.3 Å². The van der Waals surface area contributed by atoms with Crippen molar-refractivity contribution in [2.24, 2.45) is 5.10 Å². The number of carbonyl (C=O) groups is 2. The highest BCUT2D eigenvalue weighted by molar-refractivity contribution is 6.43. The number of nitrogens with one attached hydrogen (secondary N) is 1. The quantitative estimate of drug-likeness (QED) is 0.897. The van der Waals surface area contributed by atoms with Gasteiger partial charge in [0.1, 0.15) is 5.71 Å². The number of benzene rings is 1. The first-order valence-corrected chi connectivity index (χ1v) is 8.32. The van der Waals surface area contributed by atoms with Crippen molar-refractivity contribution in [1.29, 1.82) is 0 Å². The minimum atomic E-state index is -0.388. The van der Waals surface area contributed by atoms with E-state index in [2.05, 4.69) is 20.6 Å². The minimum Gasteiger partial charge on any atom is -0.304 e. The number of hydrogen-bond acceptors (Lipinski definition) is 5. The summed E-state index contributed by atoms with van der Waals surface area (Å²) >= 11 is 5.94. The number of rotatable bonds is 4. The van der Waals surface area contributed by atoms with Crippen LogP contribution >= 0.6 is 11.6 Å². The predicted molar refractivity (Wildman–Crippen MR) is 100 cm³/mol. The molecule has 2 heterocycles. The first-order chi connectivity index (χ1) is 12.5. The van der Waals surface area contributed by atoms with Gasteiger partial charge < -0.3 is 5.32 Å². The number of amides is 2. The summed E-state index contributed by atoms with van der Waals surface area (Å²) in [6.07, 6.45) is 4.25. The lowest BCUT2D eigenvalue weighted by atomic mass is 10.1. The molecule has 8 heteroatoms. The lowest BCUT2D eigenvalue weighted by molar-refractivity contribution is -0.130. The molecule has 26 heavy (non-hydrogen) atoms. The van der Waals surface area contributed by atoms with Gasteiger partial charge in [0.2, 0.25) is 5.91 Å². The van der Waals surface area contributed by atoms with Crippen molar-refractivity contribution in [2.45, 2.75) is 12.8 Å². The van der Waals surface area contributed by atoms with Gasteiger partial charge in [0, 0.05) is 24.9 Å². The summed E-state index contributed by atoms with van der Waals surface area (Å²) in [6, 6.07) is 10.8. The van der Waals surface area contributed by atoms with Crippen molar-refractivity contribution < 1.29 is 9.59 Å². The zero-order valence-corrected chi connectivity index (χ0v) is 14.8. The minimum absolute atomic E-state index is 0.114. The first-order valence-electron chi connectivity index (χ1n) is 7.94. The molecular weight excluding hydrogens is 354 g/mol. The van der Waals surface area contributed by atoms with E-state index in [0.29, 0.717) is 28.7 Å². The summed E-state index contributed by atoms with van der Waals surface area (Å²) in [7, 11) is 1.52. The molecule has 0 saturated heterocycles. The molecule has 0 bridgehead atoms. The van der Waals surface area contributed by atoms with Gasteiger partial charge in [-0.05, 0) is 35.9 Å². The van der Waals surface area contributed by atoms with E-state index in [1.165, 1.54) is 12.1 Å². The molecule has 0 radical (unpaired) electrons. The van der Waals surface area contributed by atoms with Gasteiger partial charge in [-0.1, -0.05) is 29.8 Å². The SMILES string of the molecule is CN1N=C(C(=O)Nc2ccc(/C=C/c3cccc(Cl)c3)nn2)CCC1=O. The summed E-state index contributed by atoms with van der Waals surface area (Å²) in [6.45, 7) is 0. The zero-order valence-electron chi connectivity index (χ0n) is 14.0. The molecule has 2 aromatic rings. The van der Waals surface area contributed by atoms with Gasteiger partial charge in [0.15, 0.2) is 5.82 Å². The molecule has 0 spiro atoms. The smallest absolute Gasteiger partial charge is 0.273 e. The lowest BCUT2D eigenvalue weighted by Gasteiger charge is -2.18. The standard InChI is InChI=1S/C18H16ClN5O2/c1-24-17(25)10-8-15(23-24)18(26)20-16-9-7-14(21-22-16)6-5-12-3-2-4-13(19)11-12/h2-7,9,11H,8,10H2,1H3,(H,20,22,26)/b6-5+. The third-order valence-corrected chi connectivity index (χ3v) is 3.93. The highest BCUT2D eigenvalue weighted by atomic mass is 35.5. The number of hydrazone groups is 1. The second kappa shape index (κ2) is 7.88. The Kier molecular flexibility index (Phi) is 5.38. The fourth-order valence-electron chi connectivity index (χ4n) is 2.31. The highest BCUT2D eigenvalue weighted by Crippen LogP contribution is 2.14. The number of anilines is 1. The van der Waals surface area contributed by atoms with E-state index in [1.54, 1.807) is 24.3 Å². The maximum Gasteiger partial charge on any atom is 0.273 e. The molecule has 1 N–H and O–H groups in total. The van der Waals surface area contributed by atoms with Crippen LogP contribution in [0, 0.1) is 0 Å². The largest absolute Gasteiger partial charge is 0.304 e. The average molecular weight is 370 g/mol. The molecule has 0 unspecified atom stereocenters. The Labute approximate surface area is 155 Å². The molecule has 1 aliphatic heterocycles. The van der Waals surface area contributed by atoms with Crippen LogP contribution in [-0.4, -0.2) is 39.8 Å². The number of halogens is 1. The van der Waals surface area contributed by atoms with Crippen LogP contribution in [0.3, 0.4) is 0 Å². The lowest BCUT2D eigenvalue weighted by Crippen LogP contribution is -2.34. The maximum atomic E-state index is 12.2. The third kappa shape index (κ3) is 4.52. The van der Waals surface area contributed by atoms with Crippen LogP contribution < -0.4 is 5.32 Å². The first kappa shape index (κ1) is 17.8. The molecule has 7 nitrogen and oxygen atoms in total. The molecule has 2 amide bonds. The Morgan fingerprint density at radius 2 is 2.04 bits per heavy atom. The summed E-state index contributed by atoms with van der Waals surface area (Å²) in [4.78, 5) is 23.6. The molecule has 3 rings (SSSR count). The Morgan fingerprint density at radius 1 is 1.19 bits per heavy atom. The zero-order chi connectivity index (χ0) is 18.5. The van der Waals surface area contributed by atoms with E-state index in [9.17, 15) is 9.59 Å². The third-order valence-electron chi connectivity index (χ3n) is 3.69. The molecule has 0 saturated carbocycles. The van der Waals surface area contributed by atoms with Crippen LogP contribution in [0.5, 0.6) is 0 Å². The van der Waals surface area contributed by atoms with Crippen LogP contribution in [-0.2, 0) is 9.59 Å². The Hall–Kier alpha value is -3.06. The molecule has 1 aliphatic rings. The van der Waals surface area contributed by atoms with E-state index < -0.39 is 0 Å². The summed E-state index contributed by atoms with van der Waals surface area (Å²) in [5.41, 5.74) is 1.88. The van der Waals surface area contributed by atoms with Crippen LogP contribution in [0.4, 0.5) is 5.82 Å². The van der Waals surface area contributed by atoms with Crippen LogP contribution in [0.2, 0.25) is 5.02 Å². The molecule has 0 fully saturated rings. The van der Waals surface area contributed by atoms with Gasteiger partial charge in [-0.3, -0.25) is 9.59 Å². The molecule has 1 aromatic carbocycles. The molecule has 1 aromatic heterocycles. The molecular formula is C18H16ClN5O2. The Bertz CT molecular complexity index is 893. The van der Waals surface area contributed by atoms with E-state index in [-0.39, 0.29) is 18.2 Å². The molecule has 0 aliphatic carbocycles. The summed E-state index contributed by atoms with van der Waals surface area (Å²) < 4.78 is 0. The number of aromatic nitrogens is 2. The predicted octanol–water partition coefficient (Wildman–Crippen LogP) is 2.85. The van der Waals surface area contributed by atoms with Crippen LogP contribution in [0.25, 0.3) is 12.2 Å². The fraction of sp³-hybridized carbons (Fsp3) is 0.167. The van der Waals surface area contributed by atoms with Gasteiger partial charge in [-0.15, -0.1) is 10.2 Å². The highest BCUT2D eigenvalue weighted by Gasteiger charge is 2.22. The average Bonchev–Trinajstić information content (AvgIpc) is 2.63. The Balaban J connectivity index is 1.63. The van der Waals surface area contributed by atoms with Crippen molar-refractivity contribution in [2.75, 3.05) is 12.4 Å². The normalized spacial score (nSPS) is 14.5. The topological polar surface area (TPSA) is 87.6 Å². The van der Waals surface area contributed by atoms with E-state index in [0.717, 1.165) is 5.56 Å². The van der Waals surface area contributed by atoms with Crippen molar-refractivity contribution in [1.82, 2.24) is 15.2 Å². The second-order valence-electron chi connectivity index (χ2n) is 5.65. The molecule has 132 valence electrons. The second-order valence-corrected chi connectivity index (χ2v) is 6.09. The van der Waals surface area contributed by atoms with Gasteiger partial charge in [0.25, 0.3) is 5.91 Å². The summed E-state index contributed by atoms with van der Waals surface area (Å²) in [5.74, 6) is -0.185. The van der Waals surface area contributed by atoms with Gasteiger partial charge >= 0.3 is 0 Å². The van der Waals surface area contributed by atoms with Crippen LogP contribution in [0.15, 0.2) is 41.5 Å². The van der Waals surface area contributed by atoms with Gasteiger partial charge in [0.05, 0.1) is 5.69 Å². The van der Waals surface area contributed by atoms with Gasteiger partial charge in [-0.2, -0.15) is 5.10 Å². The maximum absolute atomic E-state index is 12.2. The number of nitrogens with zero attached hydrogens (tertiary/aromatic N) is 4.